The molecule has 0 aromatic carbocycles. The van der Waals surface area contributed by atoms with Gasteiger partial charge in [0.15, 0.2) is 6.10 Å². The highest BCUT2D eigenvalue weighted by molar-refractivity contribution is 5.29. The predicted molar refractivity (Wildman–Crippen MR) is 86.9 cm³/mol. The Kier molecular flexibility index (Phi) is 14.6. The van der Waals surface area contributed by atoms with E-state index in [1.165, 1.54) is 57.8 Å². The summed E-state index contributed by atoms with van der Waals surface area (Å²) >= 11 is 0. The minimum atomic E-state index is -0.985. The summed E-state index contributed by atoms with van der Waals surface area (Å²) in [4.78, 5) is 0. The Morgan fingerprint density at radius 2 is 1.40 bits per heavy atom. The number of rotatable bonds is 10. The molecule has 0 aromatic rings. The molecule has 1 heteroatoms. The lowest BCUT2D eigenvalue weighted by atomic mass is 10.1. The van der Waals surface area contributed by atoms with Gasteiger partial charge in [-0.25, -0.2) is 0 Å². The standard InChI is InChI=1S/C19H28O/c1-3-5-6-7-8-9-10-11-12-13-14-15-16-17-18-19(20)4-2/h2,19-20H,3,5-14H2,1H3/t19-/m1/s1. The molecule has 0 amide bonds. The maximum atomic E-state index is 8.97. The summed E-state index contributed by atoms with van der Waals surface area (Å²) in [5.41, 5.74) is 0. The summed E-state index contributed by atoms with van der Waals surface area (Å²) < 4.78 is 0. The molecule has 1 atom stereocenters. The first-order chi connectivity index (χ1) is 9.81. The Balaban J connectivity index is 3.27. The highest BCUT2D eigenvalue weighted by Gasteiger charge is 1.91. The lowest BCUT2D eigenvalue weighted by Crippen LogP contribution is -1.95. The van der Waals surface area contributed by atoms with Crippen LogP contribution in [0.1, 0.15) is 77.6 Å². The zero-order valence-electron chi connectivity index (χ0n) is 12.9. The van der Waals surface area contributed by atoms with Crippen molar-refractivity contribution in [1.29, 1.82) is 0 Å². The Morgan fingerprint density at radius 1 is 0.850 bits per heavy atom. The van der Waals surface area contributed by atoms with E-state index in [9.17, 15) is 0 Å². The smallest absolute Gasteiger partial charge is 0.177 e. The second-order valence-electron chi connectivity index (χ2n) is 5.07. The zero-order chi connectivity index (χ0) is 14.9. The number of hydrogen-bond donors (Lipinski definition) is 1. The Bertz CT molecular complexity index is 367. The van der Waals surface area contributed by atoms with E-state index in [-0.39, 0.29) is 0 Å². The molecule has 0 unspecified atom stereocenters. The molecule has 0 bridgehead atoms. The molecule has 0 rings (SSSR count). The van der Waals surface area contributed by atoms with Gasteiger partial charge in [-0.15, -0.1) is 6.42 Å². The molecule has 1 nitrogen and oxygen atoms in total. The minimum Gasteiger partial charge on any atom is -0.369 e. The monoisotopic (exact) mass is 272 g/mol. The summed E-state index contributed by atoms with van der Waals surface area (Å²) in [6.45, 7) is 2.26. The molecular weight excluding hydrogens is 244 g/mol. The van der Waals surface area contributed by atoms with Gasteiger partial charge in [0.25, 0.3) is 0 Å². The average Bonchev–Trinajstić information content (AvgIpc) is 2.47. The normalized spacial score (nSPS) is 10.7. The molecule has 0 aliphatic carbocycles. The summed E-state index contributed by atoms with van der Waals surface area (Å²) in [6.07, 6.45) is 18.2. The van der Waals surface area contributed by atoms with Crippen molar-refractivity contribution in [2.75, 3.05) is 0 Å². The number of unbranched alkanes of at least 4 members (excludes halogenated alkanes) is 10. The summed E-state index contributed by atoms with van der Waals surface area (Å²) in [6, 6.07) is 0. The van der Waals surface area contributed by atoms with Gasteiger partial charge in [0.1, 0.15) is 0 Å². The topological polar surface area (TPSA) is 20.2 Å². The van der Waals surface area contributed by atoms with Crippen molar-refractivity contribution in [3.05, 3.63) is 0 Å². The summed E-state index contributed by atoms with van der Waals surface area (Å²) in [5.74, 6) is 12.9. The molecule has 20 heavy (non-hydrogen) atoms. The second kappa shape index (κ2) is 15.7. The van der Waals surface area contributed by atoms with E-state index in [1.54, 1.807) is 0 Å². The predicted octanol–water partition coefficient (Wildman–Crippen LogP) is 4.30. The van der Waals surface area contributed by atoms with Gasteiger partial charge >= 0.3 is 0 Å². The third-order valence-corrected chi connectivity index (χ3v) is 3.17. The third-order valence-electron chi connectivity index (χ3n) is 3.17. The molecule has 1 N–H and O–H groups in total. The summed E-state index contributed by atoms with van der Waals surface area (Å²) in [5, 5.41) is 8.97. The van der Waals surface area contributed by atoms with Gasteiger partial charge in [-0.05, 0) is 24.2 Å². The number of terminal acetylenes is 1. The van der Waals surface area contributed by atoms with Gasteiger partial charge in [0.05, 0.1) is 0 Å². The van der Waals surface area contributed by atoms with Crippen LogP contribution in [0.5, 0.6) is 0 Å². The van der Waals surface area contributed by atoms with Gasteiger partial charge in [0.2, 0.25) is 0 Å². The second-order valence-corrected chi connectivity index (χ2v) is 5.07. The van der Waals surface area contributed by atoms with Crippen LogP contribution < -0.4 is 0 Å². The van der Waals surface area contributed by atoms with Gasteiger partial charge in [-0.2, -0.15) is 0 Å². The molecule has 0 aliphatic rings. The van der Waals surface area contributed by atoms with Crippen molar-refractivity contribution in [2.45, 2.75) is 83.7 Å². The first-order valence-corrected chi connectivity index (χ1v) is 7.93. The Labute approximate surface area is 125 Å². The van der Waals surface area contributed by atoms with E-state index < -0.39 is 6.10 Å². The number of aliphatic hydroxyl groups excluding tert-OH is 1. The summed E-state index contributed by atoms with van der Waals surface area (Å²) in [7, 11) is 0. The lowest BCUT2D eigenvalue weighted by molar-refractivity contribution is 0.290. The van der Waals surface area contributed by atoms with Crippen molar-refractivity contribution in [2.24, 2.45) is 0 Å². The highest BCUT2D eigenvalue weighted by atomic mass is 16.3. The van der Waals surface area contributed by atoms with E-state index in [1.807, 2.05) is 0 Å². The van der Waals surface area contributed by atoms with Crippen LogP contribution in [-0.4, -0.2) is 11.2 Å². The van der Waals surface area contributed by atoms with Crippen LogP contribution in [0.25, 0.3) is 0 Å². The van der Waals surface area contributed by atoms with Gasteiger partial charge in [0, 0.05) is 6.42 Å². The van der Waals surface area contributed by atoms with Crippen LogP contribution >= 0.6 is 0 Å². The van der Waals surface area contributed by atoms with E-state index in [2.05, 4.69) is 36.5 Å². The van der Waals surface area contributed by atoms with Crippen LogP contribution in [-0.2, 0) is 0 Å². The fraction of sp³-hybridized carbons (Fsp3) is 0.684. The van der Waals surface area contributed by atoms with Gasteiger partial charge < -0.3 is 5.11 Å². The van der Waals surface area contributed by atoms with Crippen molar-refractivity contribution in [3.8, 4) is 36.0 Å². The first-order valence-electron chi connectivity index (χ1n) is 7.93. The van der Waals surface area contributed by atoms with Crippen molar-refractivity contribution >= 4 is 0 Å². The van der Waals surface area contributed by atoms with E-state index in [0.717, 1.165) is 12.8 Å². The molecule has 110 valence electrons. The Hall–Kier alpha value is -1.36. The quantitative estimate of drug-likeness (QED) is 0.464. The fourth-order valence-electron chi connectivity index (χ4n) is 1.95. The van der Waals surface area contributed by atoms with Crippen LogP contribution in [0.15, 0.2) is 0 Å². The SMILES string of the molecule is C#C[C@@H](O)C#CC#CCCCCCCCCCCCC. The molecule has 0 saturated carbocycles. The van der Waals surface area contributed by atoms with Crippen LogP contribution in [0.2, 0.25) is 0 Å². The lowest BCUT2D eigenvalue weighted by Gasteiger charge is -2.00. The van der Waals surface area contributed by atoms with Gasteiger partial charge in [-0.1, -0.05) is 76.6 Å². The molecule has 0 spiro atoms. The van der Waals surface area contributed by atoms with Crippen molar-refractivity contribution < 1.29 is 5.11 Å². The number of hydrogen-bond acceptors (Lipinski definition) is 1. The molecule has 0 aliphatic heterocycles. The molecule has 0 fully saturated rings. The maximum Gasteiger partial charge on any atom is 0.177 e. The molecule has 0 aromatic heterocycles. The molecule has 0 heterocycles. The van der Waals surface area contributed by atoms with Crippen LogP contribution in [0, 0.1) is 36.0 Å². The largest absolute Gasteiger partial charge is 0.369 e. The zero-order valence-corrected chi connectivity index (χ0v) is 12.9. The minimum absolute atomic E-state index is 0.886. The maximum absolute atomic E-state index is 8.97. The highest BCUT2D eigenvalue weighted by Crippen LogP contribution is 2.10. The molecule has 0 saturated heterocycles. The van der Waals surface area contributed by atoms with E-state index in [4.69, 9.17) is 11.5 Å². The first kappa shape index (κ1) is 18.6. The van der Waals surface area contributed by atoms with Crippen molar-refractivity contribution in [3.63, 3.8) is 0 Å². The molecular formula is C19H28O. The molecule has 0 radical (unpaired) electrons. The fourth-order valence-corrected chi connectivity index (χ4v) is 1.95. The average molecular weight is 272 g/mol. The van der Waals surface area contributed by atoms with Crippen molar-refractivity contribution in [1.82, 2.24) is 0 Å². The Morgan fingerprint density at radius 3 is 1.95 bits per heavy atom. The van der Waals surface area contributed by atoms with Crippen LogP contribution in [0.3, 0.4) is 0 Å². The number of aliphatic hydroxyl groups is 1. The third kappa shape index (κ3) is 14.7. The van der Waals surface area contributed by atoms with E-state index in [0.29, 0.717) is 0 Å². The van der Waals surface area contributed by atoms with Crippen LogP contribution in [0.4, 0.5) is 0 Å². The van der Waals surface area contributed by atoms with Gasteiger partial charge in [-0.3, -0.25) is 0 Å². The van der Waals surface area contributed by atoms with E-state index >= 15 is 0 Å².